The summed E-state index contributed by atoms with van der Waals surface area (Å²) in [6, 6.07) is 9.51. The molecule has 0 bridgehead atoms. The first-order chi connectivity index (χ1) is 11.8. The summed E-state index contributed by atoms with van der Waals surface area (Å²) in [6.45, 7) is 3.83. The number of methoxy groups -OCH3 is 1. The van der Waals surface area contributed by atoms with Gasteiger partial charge in [0.1, 0.15) is 5.75 Å². The molecule has 0 radical (unpaired) electrons. The van der Waals surface area contributed by atoms with E-state index >= 15 is 0 Å². The summed E-state index contributed by atoms with van der Waals surface area (Å²) in [7, 11) is 1.60. The Hall–Kier alpha value is -1.89. The number of morpholine rings is 1. The van der Waals surface area contributed by atoms with E-state index in [1.807, 2.05) is 12.1 Å². The first-order valence-electron chi connectivity index (χ1n) is 8.04. The number of benzene rings is 1. The fourth-order valence-corrected chi connectivity index (χ4v) is 3.57. The van der Waals surface area contributed by atoms with Crippen LogP contribution in [0.2, 0.25) is 0 Å². The second-order valence-electron chi connectivity index (χ2n) is 5.66. The predicted molar refractivity (Wildman–Crippen MR) is 94.8 cm³/mol. The van der Waals surface area contributed by atoms with Crippen LogP contribution in [-0.2, 0) is 4.74 Å². The van der Waals surface area contributed by atoms with Gasteiger partial charge in [-0.2, -0.15) is 11.3 Å². The van der Waals surface area contributed by atoms with Crippen molar-refractivity contribution < 1.29 is 14.3 Å². The van der Waals surface area contributed by atoms with Gasteiger partial charge in [-0.3, -0.25) is 9.69 Å². The normalized spacial score (nSPS) is 16.5. The summed E-state index contributed by atoms with van der Waals surface area (Å²) in [5.74, 6) is 0.604. The van der Waals surface area contributed by atoms with Gasteiger partial charge in [-0.15, -0.1) is 0 Å². The second kappa shape index (κ2) is 8.28. The third-order valence-electron chi connectivity index (χ3n) is 4.20. The average Bonchev–Trinajstić information content (AvgIpc) is 3.17. The zero-order valence-electron chi connectivity index (χ0n) is 13.7. The molecule has 1 aromatic heterocycles. The molecular weight excluding hydrogens is 324 g/mol. The Morgan fingerprint density at radius 2 is 2.21 bits per heavy atom. The highest BCUT2D eigenvalue weighted by atomic mass is 32.1. The molecule has 1 aliphatic heterocycles. The Morgan fingerprint density at radius 3 is 2.92 bits per heavy atom. The van der Waals surface area contributed by atoms with Crippen LogP contribution < -0.4 is 10.1 Å². The third-order valence-corrected chi connectivity index (χ3v) is 4.90. The average molecular weight is 346 g/mol. The van der Waals surface area contributed by atoms with Crippen molar-refractivity contribution in [3.05, 3.63) is 52.2 Å². The number of carbonyl (C=O) groups is 1. The zero-order valence-corrected chi connectivity index (χ0v) is 14.6. The predicted octanol–water partition coefficient (Wildman–Crippen LogP) is 2.56. The number of thiophene rings is 1. The fourth-order valence-electron chi connectivity index (χ4n) is 2.87. The number of hydrogen-bond acceptors (Lipinski definition) is 5. The topological polar surface area (TPSA) is 50.8 Å². The van der Waals surface area contributed by atoms with Crippen molar-refractivity contribution in [2.75, 3.05) is 40.0 Å². The second-order valence-corrected chi connectivity index (χ2v) is 6.44. The van der Waals surface area contributed by atoms with Crippen LogP contribution in [0.5, 0.6) is 5.75 Å². The van der Waals surface area contributed by atoms with E-state index in [4.69, 9.17) is 9.47 Å². The van der Waals surface area contributed by atoms with Gasteiger partial charge < -0.3 is 14.8 Å². The van der Waals surface area contributed by atoms with E-state index in [0.717, 1.165) is 26.3 Å². The maximum atomic E-state index is 12.5. The Kier molecular flexibility index (Phi) is 5.85. The van der Waals surface area contributed by atoms with Crippen LogP contribution in [-0.4, -0.2) is 50.8 Å². The van der Waals surface area contributed by atoms with E-state index in [1.165, 1.54) is 5.56 Å². The molecule has 3 rings (SSSR count). The fraction of sp³-hybridized carbons (Fsp3) is 0.389. The smallest absolute Gasteiger partial charge is 0.251 e. The molecule has 0 aliphatic carbocycles. The van der Waals surface area contributed by atoms with Crippen molar-refractivity contribution in [3.63, 3.8) is 0 Å². The lowest BCUT2D eigenvalue weighted by atomic mass is 10.1. The van der Waals surface area contributed by atoms with Gasteiger partial charge in [-0.25, -0.2) is 0 Å². The van der Waals surface area contributed by atoms with Gasteiger partial charge in [-0.05, 0) is 40.6 Å². The van der Waals surface area contributed by atoms with Gasteiger partial charge in [-0.1, -0.05) is 6.07 Å². The number of carbonyl (C=O) groups excluding carboxylic acids is 1. The zero-order chi connectivity index (χ0) is 16.8. The van der Waals surface area contributed by atoms with Crippen LogP contribution in [0.4, 0.5) is 0 Å². The summed E-state index contributed by atoms with van der Waals surface area (Å²) in [5.41, 5.74) is 1.85. The maximum absolute atomic E-state index is 12.5. The highest BCUT2D eigenvalue weighted by molar-refractivity contribution is 7.07. The highest BCUT2D eigenvalue weighted by Gasteiger charge is 2.23. The van der Waals surface area contributed by atoms with Crippen LogP contribution in [0.25, 0.3) is 0 Å². The summed E-state index contributed by atoms with van der Waals surface area (Å²) < 4.78 is 10.6. The van der Waals surface area contributed by atoms with Crippen molar-refractivity contribution in [3.8, 4) is 5.75 Å². The lowest BCUT2D eigenvalue weighted by Gasteiger charge is -2.34. The molecule has 1 amide bonds. The molecule has 0 unspecified atom stereocenters. The largest absolute Gasteiger partial charge is 0.497 e. The first kappa shape index (κ1) is 17.0. The molecule has 0 spiro atoms. The van der Waals surface area contributed by atoms with Crippen molar-refractivity contribution in [1.29, 1.82) is 0 Å². The first-order valence-corrected chi connectivity index (χ1v) is 8.98. The minimum atomic E-state index is -0.0811. The van der Waals surface area contributed by atoms with Crippen LogP contribution in [0.1, 0.15) is 22.0 Å². The molecule has 0 saturated carbocycles. The molecule has 1 N–H and O–H groups in total. The van der Waals surface area contributed by atoms with E-state index < -0.39 is 0 Å². The van der Waals surface area contributed by atoms with Crippen LogP contribution >= 0.6 is 11.3 Å². The standard InChI is InChI=1S/C18H22N2O3S/c1-22-16-4-2-3-14(11-16)18(21)19-12-17(15-5-10-24-13-15)20-6-8-23-9-7-20/h2-5,10-11,13,17H,6-9,12H2,1H3,(H,19,21)/t17-/m0/s1. The van der Waals surface area contributed by atoms with Crippen molar-refractivity contribution >= 4 is 17.2 Å². The number of hydrogen-bond donors (Lipinski definition) is 1. The number of amides is 1. The Bertz CT molecular complexity index is 654. The molecule has 6 heteroatoms. The van der Waals surface area contributed by atoms with Gasteiger partial charge in [0.05, 0.1) is 26.4 Å². The number of nitrogens with zero attached hydrogens (tertiary/aromatic N) is 1. The van der Waals surface area contributed by atoms with E-state index in [9.17, 15) is 4.79 Å². The number of rotatable bonds is 6. The van der Waals surface area contributed by atoms with Gasteiger partial charge in [0.15, 0.2) is 0 Å². The van der Waals surface area contributed by atoms with Crippen molar-refractivity contribution in [2.24, 2.45) is 0 Å². The Balaban J connectivity index is 1.67. The minimum Gasteiger partial charge on any atom is -0.497 e. The van der Waals surface area contributed by atoms with Gasteiger partial charge in [0.2, 0.25) is 0 Å². The van der Waals surface area contributed by atoms with Gasteiger partial charge >= 0.3 is 0 Å². The lowest BCUT2D eigenvalue weighted by Crippen LogP contribution is -2.43. The summed E-state index contributed by atoms with van der Waals surface area (Å²) in [6.07, 6.45) is 0. The quantitative estimate of drug-likeness (QED) is 0.873. The molecule has 1 aromatic carbocycles. The molecule has 1 aliphatic rings. The molecule has 2 heterocycles. The molecule has 128 valence electrons. The van der Waals surface area contributed by atoms with Gasteiger partial charge in [0.25, 0.3) is 5.91 Å². The van der Waals surface area contributed by atoms with E-state index in [1.54, 1.807) is 30.6 Å². The monoisotopic (exact) mass is 346 g/mol. The summed E-state index contributed by atoms with van der Waals surface area (Å²) in [4.78, 5) is 14.8. The molecule has 1 saturated heterocycles. The molecule has 24 heavy (non-hydrogen) atoms. The number of ether oxygens (including phenoxy) is 2. The molecule has 2 aromatic rings. The summed E-state index contributed by atoms with van der Waals surface area (Å²) >= 11 is 1.68. The Labute approximate surface area is 146 Å². The van der Waals surface area contributed by atoms with E-state index in [2.05, 4.69) is 27.0 Å². The van der Waals surface area contributed by atoms with E-state index in [-0.39, 0.29) is 11.9 Å². The molecular formula is C18H22N2O3S. The van der Waals surface area contributed by atoms with Crippen LogP contribution in [0.15, 0.2) is 41.1 Å². The molecule has 1 fully saturated rings. The molecule has 1 atom stereocenters. The summed E-state index contributed by atoms with van der Waals surface area (Å²) in [5, 5.41) is 7.29. The van der Waals surface area contributed by atoms with Crippen LogP contribution in [0, 0.1) is 0 Å². The maximum Gasteiger partial charge on any atom is 0.251 e. The minimum absolute atomic E-state index is 0.0811. The van der Waals surface area contributed by atoms with Crippen LogP contribution in [0.3, 0.4) is 0 Å². The van der Waals surface area contributed by atoms with Crippen molar-refractivity contribution in [2.45, 2.75) is 6.04 Å². The third kappa shape index (κ3) is 4.14. The SMILES string of the molecule is COc1cccc(C(=O)NC[C@@H](c2ccsc2)N2CCOCC2)c1. The van der Waals surface area contributed by atoms with E-state index in [0.29, 0.717) is 17.9 Å². The highest BCUT2D eigenvalue weighted by Crippen LogP contribution is 2.23. The number of nitrogens with one attached hydrogen (secondary N) is 1. The Morgan fingerprint density at radius 1 is 1.38 bits per heavy atom. The molecule has 5 nitrogen and oxygen atoms in total. The van der Waals surface area contributed by atoms with Gasteiger partial charge in [0, 0.05) is 25.2 Å². The van der Waals surface area contributed by atoms with Crippen molar-refractivity contribution in [1.82, 2.24) is 10.2 Å². The lowest BCUT2D eigenvalue weighted by molar-refractivity contribution is 0.0163.